The number of likely N-dealkylation sites (N-methyl/N-ethyl adjacent to an activating group) is 1. The van der Waals surface area contributed by atoms with Gasteiger partial charge in [-0.3, -0.25) is 4.90 Å². The number of halogens is 1. The van der Waals surface area contributed by atoms with Crippen LogP contribution in [-0.4, -0.2) is 17.5 Å². The summed E-state index contributed by atoms with van der Waals surface area (Å²) in [5, 5.41) is 0. The Morgan fingerprint density at radius 2 is 2.00 bits per heavy atom. The number of furan rings is 1. The Hall–Kier alpha value is -1.10. The maximum atomic E-state index is 6.25. The van der Waals surface area contributed by atoms with Gasteiger partial charge in [-0.2, -0.15) is 0 Å². The maximum Gasteiger partial charge on any atom is 0.117 e. The van der Waals surface area contributed by atoms with E-state index in [2.05, 4.69) is 52.9 Å². The standard InChI is InChI=1S/C16H21BrN2O/c1-3-19(11-13-7-6-10-20-13)16(12(2)18)14-8-4-5-9-15(14)17/h4-10,12,16H,3,11,18H2,1-2H3. The Bertz CT molecular complexity index is 525. The highest BCUT2D eigenvalue weighted by molar-refractivity contribution is 9.10. The van der Waals surface area contributed by atoms with Crippen LogP contribution in [0.5, 0.6) is 0 Å². The van der Waals surface area contributed by atoms with Crippen molar-refractivity contribution in [2.45, 2.75) is 32.5 Å². The summed E-state index contributed by atoms with van der Waals surface area (Å²) >= 11 is 3.63. The summed E-state index contributed by atoms with van der Waals surface area (Å²) in [6, 6.07) is 12.4. The third-order valence-corrected chi connectivity index (χ3v) is 4.18. The molecule has 2 aromatic rings. The first-order chi connectivity index (χ1) is 9.63. The zero-order valence-electron chi connectivity index (χ0n) is 11.9. The van der Waals surface area contributed by atoms with E-state index in [0.29, 0.717) is 0 Å². The molecule has 1 aromatic heterocycles. The monoisotopic (exact) mass is 336 g/mol. The van der Waals surface area contributed by atoms with E-state index < -0.39 is 0 Å². The Labute approximate surface area is 128 Å². The summed E-state index contributed by atoms with van der Waals surface area (Å²) in [6.45, 7) is 5.87. The summed E-state index contributed by atoms with van der Waals surface area (Å²) in [7, 11) is 0. The fourth-order valence-electron chi connectivity index (χ4n) is 2.54. The average molecular weight is 337 g/mol. The predicted molar refractivity (Wildman–Crippen MR) is 85.3 cm³/mol. The molecule has 2 N–H and O–H groups in total. The first-order valence-electron chi connectivity index (χ1n) is 6.90. The van der Waals surface area contributed by atoms with Gasteiger partial charge in [0.1, 0.15) is 5.76 Å². The second-order valence-corrected chi connectivity index (χ2v) is 5.82. The molecule has 0 aliphatic heterocycles. The van der Waals surface area contributed by atoms with E-state index in [1.165, 1.54) is 5.56 Å². The van der Waals surface area contributed by atoms with E-state index in [9.17, 15) is 0 Å². The van der Waals surface area contributed by atoms with Gasteiger partial charge in [0.25, 0.3) is 0 Å². The molecule has 0 bridgehead atoms. The molecule has 2 rings (SSSR count). The van der Waals surface area contributed by atoms with Gasteiger partial charge in [-0.25, -0.2) is 0 Å². The van der Waals surface area contributed by atoms with E-state index in [-0.39, 0.29) is 12.1 Å². The molecule has 3 nitrogen and oxygen atoms in total. The number of hydrogen-bond donors (Lipinski definition) is 1. The average Bonchev–Trinajstić information content (AvgIpc) is 2.92. The zero-order valence-corrected chi connectivity index (χ0v) is 13.5. The molecule has 0 saturated carbocycles. The van der Waals surface area contributed by atoms with E-state index in [4.69, 9.17) is 10.2 Å². The number of nitrogens with zero attached hydrogens (tertiary/aromatic N) is 1. The molecular formula is C16H21BrN2O. The molecule has 0 aliphatic carbocycles. The van der Waals surface area contributed by atoms with Crippen molar-refractivity contribution in [3.63, 3.8) is 0 Å². The molecule has 0 fully saturated rings. The van der Waals surface area contributed by atoms with Crippen molar-refractivity contribution in [2.24, 2.45) is 5.73 Å². The van der Waals surface area contributed by atoms with Crippen LogP contribution in [0.15, 0.2) is 51.6 Å². The molecule has 0 amide bonds. The van der Waals surface area contributed by atoms with Gasteiger partial charge in [0.15, 0.2) is 0 Å². The lowest BCUT2D eigenvalue weighted by molar-refractivity contribution is 0.163. The van der Waals surface area contributed by atoms with Crippen LogP contribution in [0.2, 0.25) is 0 Å². The van der Waals surface area contributed by atoms with Crippen LogP contribution in [0.4, 0.5) is 0 Å². The van der Waals surface area contributed by atoms with Crippen LogP contribution in [-0.2, 0) is 6.54 Å². The first-order valence-corrected chi connectivity index (χ1v) is 7.69. The fraction of sp³-hybridized carbons (Fsp3) is 0.375. The van der Waals surface area contributed by atoms with Crippen molar-refractivity contribution in [1.82, 2.24) is 4.90 Å². The third-order valence-electron chi connectivity index (χ3n) is 3.46. The van der Waals surface area contributed by atoms with Gasteiger partial charge in [0, 0.05) is 10.5 Å². The summed E-state index contributed by atoms with van der Waals surface area (Å²) in [4.78, 5) is 2.34. The minimum absolute atomic E-state index is 0.0311. The number of nitrogens with two attached hydrogens (primary N) is 1. The lowest BCUT2D eigenvalue weighted by atomic mass is 9.99. The summed E-state index contributed by atoms with van der Waals surface area (Å²) in [5.74, 6) is 0.963. The first kappa shape index (κ1) is 15.3. The van der Waals surface area contributed by atoms with Crippen LogP contribution in [0.25, 0.3) is 0 Å². The van der Waals surface area contributed by atoms with Crippen LogP contribution >= 0.6 is 15.9 Å². The van der Waals surface area contributed by atoms with E-state index in [0.717, 1.165) is 23.3 Å². The molecule has 1 aromatic carbocycles. The molecule has 0 spiro atoms. The highest BCUT2D eigenvalue weighted by Gasteiger charge is 2.25. The highest BCUT2D eigenvalue weighted by atomic mass is 79.9. The summed E-state index contributed by atoms with van der Waals surface area (Å²) in [5.41, 5.74) is 7.47. The molecule has 4 heteroatoms. The van der Waals surface area contributed by atoms with E-state index in [1.807, 2.05) is 18.2 Å². The molecule has 108 valence electrons. The number of benzene rings is 1. The highest BCUT2D eigenvalue weighted by Crippen LogP contribution is 2.30. The second-order valence-electron chi connectivity index (χ2n) is 4.97. The van der Waals surface area contributed by atoms with Gasteiger partial charge in [0.2, 0.25) is 0 Å². The van der Waals surface area contributed by atoms with Crippen molar-refractivity contribution in [3.05, 3.63) is 58.5 Å². The Morgan fingerprint density at radius 3 is 2.55 bits per heavy atom. The van der Waals surface area contributed by atoms with Gasteiger partial charge in [-0.05, 0) is 37.2 Å². The molecule has 2 unspecified atom stereocenters. The molecule has 2 atom stereocenters. The Kier molecular flexibility index (Phi) is 5.40. The molecule has 1 heterocycles. The maximum absolute atomic E-state index is 6.25. The Morgan fingerprint density at radius 1 is 1.25 bits per heavy atom. The molecule has 20 heavy (non-hydrogen) atoms. The van der Waals surface area contributed by atoms with Crippen LogP contribution in [0.1, 0.15) is 31.2 Å². The van der Waals surface area contributed by atoms with Crippen molar-refractivity contribution in [2.75, 3.05) is 6.54 Å². The van der Waals surface area contributed by atoms with Gasteiger partial charge in [0.05, 0.1) is 18.8 Å². The van der Waals surface area contributed by atoms with Crippen LogP contribution in [0.3, 0.4) is 0 Å². The van der Waals surface area contributed by atoms with E-state index in [1.54, 1.807) is 6.26 Å². The largest absolute Gasteiger partial charge is 0.468 e. The normalized spacial score (nSPS) is 14.4. The molecular weight excluding hydrogens is 316 g/mol. The topological polar surface area (TPSA) is 42.4 Å². The zero-order chi connectivity index (χ0) is 14.5. The van der Waals surface area contributed by atoms with Crippen LogP contribution in [0, 0.1) is 0 Å². The fourth-order valence-corrected chi connectivity index (χ4v) is 3.06. The SMILES string of the molecule is CCN(Cc1ccco1)C(c1ccccc1Br)C(C)N. The lowest BCUT2D eigenvalue weighted by Crippen LogP contribution is -2.39. The number of rotatable bonds is 6. The van der Waals surface area contributed by atoms with Crippen LogP contribution < -0.4 is 5.73 Å². The minimum Gasteiger partial charge on any atom is -0.468 e. The molecule has 0 radical (unpaired) electrons. The smallest absolute Gasteiger partial charge is 0.117 e. The van der Waals surface area contributed by atoms with E-state index >= 15 is 0 Å². The van der Waals surface area contributed by atoms with Gasteiger partial charge in [-0.1, -0.05) is 41.1 Å². The predicted octanol–water partition coefficient (Wildman–Crippen LogP) is 3.95. The van der Waals surface area contributed by atoms with Crippen molar-refractivity contribution >= 4 is 15.9 Å². The number of hydrogen-bond acceptors (Lipinski definition) is 3. The molecule has 0 aliphatic rings. The van der Waals surface area contributed by atoms with Gasteiger partial charge >= 0.3 is 0 Å². The van der Waals surface area contributed by atoms with Gasteiger partial charge in [-0.15, -0.1) is 0 Å². The summed E-state index contributed by atoms with van der Waals surface area (Å²) in [6.07, 6.45) is 1.71. The van der Waals surface area contributed by atoms with Crippen molar-refractivity contribution in [1.29, 1.82) is 0 Å². The Balaban J connectivity index is 2.29. The van der Waals surface area contributed by atoms with Crippen molar-refractivity contribution < 1.29 is 4.42 Å². The second kappa shape index (κ2) is 7.07. The quantitative estimate of drug-likeness (QED) is 0.868. The molecule has 0 saturated heterocycles. The van der Waals surface area contributed by atoms with Gasteiger partial charge < -0.3 is 10.2 Å². The minimum atomic E-state index is 0.0311. The third kappa shape index (κ3) is 3.51. The van der Waals surface area contributed by atoms with Crippen molar-refractivity contribution in [3.8, 4) is 0 Å². The lowest BCUT2D eigenvalue weighted by Gasteiger charge is -2.33. The summed E-state index contributed by atoms with van der Waals surface area (Å²) < 4.78 is 6.57.